The SMILES string of the molecule is CCC1CN(C(=O)c2coc(CN3CCOCC3)c2)CCN1C(C)C. The standard InChI is InChI=1S/C19H31N3O3/c1-4-17-12-21(5-6-22(17)15(2)3)19(23)16-11-18(25-14-16)13-20-7-9-24-10-8-20/h11,14-15,17H,4-10,12-13H2,1-3H3. The van der Waals surface area contributed by atoms with Crippen molar-refractivity contribution < 1.29 is 13.9 Å². The zero-order valence-electron chi connectivity index (χ0n) is 15.7. The number of piperazine rings is 1. The molecule has 0 spiro atoms. The first-order valence-corrected chi connectivity index (χ1v) is 9.51. The number of ether oxygens (including phenoxy) is 1. The molecule has 1 atom stereocenters. The van der Waals surface area contributed by atoms with Crippen molar-refractivity contribution in [2.45, 2.75) is 45.8 Å². The van der Waals surface area contributed by atoms with Crippen molar-refractivity contribution in [1.29, 1.82) is 0 Å². The predicted molar refractivity (Wildman–Crippen MR) is 96.6 cm³/mol. The molecule has 2 aliphatic heterocycles. The van der Waals surface area contributed by atoms with Crippen LogP contribution in [0.15, 0.2) is 16.7 Å². The van der Waals surface area contributed by atoms with E-state index in [0.717, 1.165) is 64.7 Å². The van der Waals surface area contributed by atoms with Gasteiger partial charge in [0.2, 0.25) is 0 Å². The fourth-order valence-corrected chi connectivity index (χ4v) is 3.84. The minimum Gasteiger partial charge on any atom is -0.467 e. The maximum Gasteiger partial charge on any atom is 0.257 e. The predicted octanol–water partition coefficient (Wildman–Crippen LogP) is 2.06. The molecule has 3 heterocycles. The molecule has 140 valence electrons. The first-order chi connectivity index (χ1) is 12.1. The van der Waals surface area contributed by atoms with Crippen molar-refractivity contribution in [3.8, 4) is 0 Å². The van der Waals surface area contributed by atoms with Crippen LogP contribution in [0.1, 0.15) is 43.3 Å². The number of carbonyl (C=O) groups excluding carboxylic acids is 1. The molecule has 0 bridgehead atoms. The summed E-state index contributed by atoms with van der Waals surface area (Å²) in [6.45, 7) is 13.3. The highest BCUT2D eigenvalue weighted by molar-refractivity contribution is 5.94. The zero-order chi connectivity index (χ0) is 17.8. The Morgan fingerprint density at radius 1 is 1.24 bits per heavy atom. The lowest BCUT2D eigenvalue weighted by Gasteiger charge is -2.43. The number of nitrogens with zero attached hydrogens (tertiary/aromatic N) is 3. The van der Waals surface area contributed by atoms with E-state index in [1.807, 2.05) is 11.0 Å². The second-order valence-corrected chi connectivity index (χ2v) is 7.34. The number of hydrogen-bond acceptors (Lipinski definition) is 5. The van der Waals surface area contributed by atoms with Crippen LogP contribution < -0.4 is 0 Å². The first kappa shape index (κ1) is 18.4. The van der Waals surface area contributed by atoms with Crippen LogP contribution >= 0.6 is 0 Å². The summed E-state index contributed by atoms with van der Waals surface area (Å²) in [5.41, 5.74) is 0.677. The van der Waals surface area contributed by atoms with Gasteiger partial charge >= 0.3 is 0 Å². The molecule has 1 aromatic rings. The molecule has 2 fully saturated rings. The van der Waals surface area contributed by atoms with Crippen LogP contribution in [0.2, 0.25) is 0 Å². The summed E-state index contributed by atoms with van der Waals surface area (Å²) < 4.78 is 11.0. The minimum atomic E-state index is 0.0961. The number of amides is 1. The second kappa shape index (κ2) is 8.34. The molecular weight excluding hydrogens is 318 g/mol. The van der Waals surface area contributed by atoms with Gasteiger partial charge in [-0.25, -0.2) is 0 Å². The lowest BCUT2D eigenvalue weighted by molar-refractivity contribution is 0.0313. The van der Waals surface area contributed by atoms with Gasteiger partial charge in [0.25, 0.3) is 5.91 Å². The van der Waals surface area contributed by atoms with Crippen molar-refractivity contribution in [2.75, 3.05) is 45.9 Å². The number of furan rings is 1. The van der Waals surface area contributed by atoms with Gasteiger partial charge in [-0.15, -0.1) is 0 Å². The Hall–Kier alpha value is -1.37. The molecule has 25 heavy (non-hydrogen) atoms. The van der Waals surface area contributed by atoms with E-state index in [-0.39, 0.29) is 5.91 Å². The third-order valence-corrected chi connectivity index (χ3v) is 5.33. The van der Waals surface area contributed by atoms with Crippen molar-refractivity contribution >= 4 is 5.91 Å². The van der Waals surface area contributed by atoms with Crippen LogP contribution in [-0.4, -0.2) is 78.6 Å². The molecule has 0 N–H and O–H groups in total. The topological polar surface area (TPSA) is 49.2 Å². The number of morpholine rings is 1. The summed E-state index contributed by atoms with van der Waals surface area (Å²) in [5.74, 6) is 0.956. The Balaban J connectivity index is 1.59. The summed E-state index contributed by atoms with van der Waals surface area (Å²) >= 11 is 0. The van der Waals surface area contributed by atoms with Gasteiger partial charge < -0.3 is 14.1 Å². The van der Waals surface area contributed by atoms with Gasteiger partial charge in [-0.05, 0) is 26.3 Å². The monoisotopic (exact) mass is 349 g/mol. The molecule has 1 unspecified atom stereocenters. The Bertz CT molecular complexity index is 566. The lowest BCUT2D eigenvalue weighted by atomic mass is 10.1. The average molecular weight is 349 g/mol. The molecule has 0 aromatic carbocycles. The van der Waals surface area contributed by atoms with E-state index in [1.54, 1.807) is 6.26 Å². The van der Waals surface area contributed by atoms with Crippen LogP contribution in [0.4, 0.5) is 0 Å². The van der Waals surface area contributed by atoms with Gasteiger partial charge in [0.1, 0.15) is 12.0 Å². The van der Waals surface area contributed by atoms with E-state index in [0.29, 0.717) is 17.6 Å². The van der Waals surface area contributed by atoms with Gasteiger partial charge in [-0.1, -0.05) is 6.92 Å². The van der Waals surface area contributed by atoms with E-state index in [9.17, 15) is 4.79 Å². The largest absolute Gasteiger partial charge is 0.467 e. The maximum atomic E-state index is 12.9. The molecule has 1 amide bonds. The van der Waals surface area contributed by atoms with Crippen molar-refractivity contribution in [1.82, 2.24) is 14.7 Å². The van der Waals surface area contributed by atoms with Crippen LogP contribution in [-0.2, 0) is 11.3 Å². The summed E-state index contributed by atoms with van der Waals surface area (Å²) in [6.07, 6.45) is 2.68. The quantitative estimate of drug-likeness (QED) is 0.814. The van der Waals surface area contributed by atoms with Crippen LogP contribution in [0, 0.1) is 0 Å². The molecule has 0 radical (unpaired) electrons. The number of carbonyl (C=O) groups is 1. The maximum absolute atomic E-state index is 12.9. The highest BCUT2D eigenvalue weighted by atomic mass is 16.5. The van der Waals surface area contributed by atoms with E-state index in [4.69, 9.17) is 9.15 Å². The van der Waals surface area contributed by atoms with Gasteiger partial charge in [0.15, 0.2) is 0 Å². The van der Waals surface area contributed by atoms with Crippen LogP contribution in [0.25, 0.3) is 0 Å². The summed E-state index contributed by atoms with van der Waals surface area (Å²) in [7, 11) is 0. The van der Waals surface area contributed by atoms with Crippen molar-refractivity contribution in [3.05, 3.63) is 23.7 Å². The second-order valence-electron chi connectivity index (χ2n) is 7.34. The molecule has 6 nitrogen and oxygen atoms in total. The highest BCUT2D eigenvalue weighted by Crippen LogP contribution is 2.19. The molecule has 6 heteroatoms. The Morgan fingerprint density at radius 3 is 2.68 bits per heavy atom. The fourth-order valence-electron chi connectivity index (χ4n) is 3.84. The van der Waals surface area contributed by atoms with Crippen LogP contribution in [0.3, 0.4) is 0 Å². The first-order valence-electron chi connectivity index (χ1n) is 9.51. The summed E-state index contributed by atoms with van der Waals surface area (Å²) in [6, 6.07) is 2.88. The third-order valence-electron chi connectivity index (χ3n) is 5.33. The average Bonchev–Trinajstić information content (AvgIpc) is 3.09. The minimum absolute atomic E-state index is 0.0961. The Kier molecular flexibility index (Phi) is 6.15. The molecule has 2 saturated heterocycles. The Morgan fingerprint density at radius 2 is 2.00 bits per heavy atom. The molecule has 0 saturated carbocycles. The zero-order valence-corrected chi connectivity index (χ0v) is 15.7. The summed E-state index contributed by atoms with van der Waals surface area (Å²) in [4.78, 5) is 19.6. The molecule has 2 aliphatic rings. The van der Waals surface area contributed by atoms with Gasteiger partial charge in [0.05, 0.1) is 25.3 Å². The summed E-state index contributed by atoms with van der Waals surface area (Å²) in [5, 5.41) is 0. The lowest BCUT2D eigenvalue weighted by Crippen LogP contribution is -2.56. The van der Waals surface area contributed by atoms with Crippen molar-refractivity contribution in [3.63, 3.8) is 0 Å². The normalized spacial score (nSPS) is 23.4. The Labute approximate surface area is 150 Å². The molecule has 3 rings (SSSR count). The van der Waals surface area contributed by atoms with Gasteiger partial charge in [0, 0.05) is 44.8 Å². The van der Waals surface area contributed by atoms with Gasteiger partial charge in [-0.2, -0.15) is 0 Å². The number of rotatable bonds is 5. The number of hydrogen-bond donors (Lipinski definition) is 0. The molecule has 1 aromatic heterocycles. The smallest absolute Gasteiger partial charge is 0.257 e. The fraction of sp³-hybridized carbons (Fsp3) is 0.737. The van der Waals surface area contributed by atoms with E-state index < -0.39 is 0 Å². The third kappa shape index (κ3) is 4.43. The van der Waals surface area contributed by atoms with E-state index >= 15 is 0 Å². The molecule has 0 aliphatic carbocycles. The molecular formula is C19H31N3O3. The van der Waals surface area contributed by atoms with Gasteiger partial charge in [-0.3, -0.25) is 14.6 Å². The van der Waals surface area contributed by atoms with E-state index in [1.165, 1.54) is 0 Å². The van der Waals surface area contributed by atoms with E-state index in [2.05, 4.69) is 30.6 Å². The van der Waals surface area contributed by atoms with Crippen LogP contribution in [0.5, 0.6) is 0 Å². The van der Waals surface area contributed by atoms with Crippen molar-refractivity contribution in [2.24, 2.45) is 0 Å². The highest BCUT2D eigenvalue weighted by Gasteiger charge is 2.30.